The molecular formula is C22H23NO2. The fourth-order valence-electron chi connectivity index (χ4n) is 4.88. The molecular weight excluding hydrogens is 310 g/mol. The second-order valence-electron chi connectivity index (χ2n) is 7.96. The van der Waals surface area contributed by atoms with Gasteiger partial charge in [-0.2, -0.15) is 0 Å². The monoisotopic (exact) mass is 333 g/mol. The van der Waals surface area contributed by atoms with Gasteiger partial charge < -0.3 is 9.64 Å². The van der Waals surface area contributed by atoms with Crippen LogP contribution in [0, 0.1) is 5.41 Å². The molecule has 3 heterocycles. The predicted molar refractivity (Wildman–Crippen MR) is 97.3 cm³/mol. The standard InChI is InChI=1S/C22H23NO2/c1-22(2)17-6-4-3-5-7-18(17)23-11-10-19-16(21(22)23)12-14-8-9-15(24)13-20(14)25-19/h6-9,12-13,19H,3-5,10-11H2,1-2H3. The molecule has 1 atom stereocenters. The lowest BCUT2D eigenvalue weighted by Crippen LogP contribution is -2.36. The summed E-state index contributed by atoms with van der Waals surface area (Å²) >= 11 is 0. The number of hydrogen-bond donors (Lipinski definition) is 0. The molecule has 1 fully saturated rings. The van der Waals surface area contributed by atoms with E-state index in [0.717, 1.165) is 37.1 Å². The number of fused-ring (bicyclic) bond motifs is 5. The van der Waals surface area contributed by atoms with E-state index < -0.39 is 0 Å². The second kappa shape index (κ2) is 5.10. The van der Waals surface area contributed by atoms with Crippen molar-refractivity contribution in [3.8, 4) is 0 Å². The first-order valence-corrected chi connectivity index (χ1v) is 9.31. The van der Waals surface area contributed by atoms with E-state index in [0.29, 0.717) is 0 Å². The highest BCUT2D eigenvalue weighted by Crippen LogP contribution is 2.55. The fourth-order valence-corrected chi connectivity index (χ4v) is 4.88. The highest BCUT2D eigenvalue weighted by Gasteiger charge is 2.48. The van der Waals surface area contributed by atoms with Crippen LogP contribution in [-0.2, 0) is 9.53 Å². The Balaban J connectivity index is 1.71. The second-order valence-corrected chi connectivity index (χ2v) is 7.96. The molecule has 0 amide bonds. The average Bonchev–Trinajstić information content (AvgIpc) is 2.75. The molecule has 0 aromatic heterocycles. The van der Waals surface area contributed by atoms with E-state index in [1.54, 1.807) is 12.2 Å². The third-order valence-corrected chi connectivity index (χ3v) is 6.00. The Labute approximate surface area is 148 Å². The van der Waals surface area contributed by atoms with E-state index in [2.05, 4.69) is 37.0 Å². The van der Waals surface area contributed by atoms with Gasteiger partial charge in [-0.3, -0.25) is 4.79 Å². The lowest BCUT2D eigenvalue weighted by molar-refractivity contribution is -0.110. The van der Waals surface area contributed by atoms with Gasteiger partial charge in [-0.1, -0.05) is 26.0 Å². The number of allylic oxidation sites excluding steroid dienone is 7. The SMILES string of the molecule is CC1(C)C2=CCCCC=C2N2CCC3OC4=CC(=O)C=CC4=CC3=C21. The summed E-state index contributed by atoms with van der Waals surface area (Å²) in [6.07, 6.45) is 16.8. The number of ether oxygens (including phenoxy) is 1. The third-order valence-electron chi connectivity index (χ3n) is 6.00. The van der Waals surface area contributed by atoms with Gasteiger partial charge in [0.15, 0.2) is 5.78 Å². The maximum absolute atomic E-state index is 11.7. The molecule has 3 aliphatic heterocycles. The van der Waals surface area contributed by atoms with Crippen molar-refractivity contribution in [2.24, 2.45) is 5.41 Å². The van der Waals surface area contributed by atoms with Crippen molar-refractivity contribution in [2.45, 2.75) is 45.6 Å². The minimum absolute atomic E-state index is 0.0000147. The van der Waals surface area contributed by atoms with Crippen molar-refractivity contribution in [2.75, 3.05) is 6.54 Å². The lowest BCUT2D eigenvalue weighted by Gasteiger charge is -2.39. The van der Waals surface area contributed by atoms with Crippen LogP contribution < -0.4 is 0 Å². The van der Waals surface area contributed by atoms with E-state index in [4.69, 9.17) is 4.74 Å². The smallest absolute Gasteiger partial charge is 0.182 e. The van der Waals surface area contributed by atoms with E-state index in [1.165, 1.54) is 29.0 Å². The van der Waals surface area contributed by atoms with Crippen LogP contribution in [0.2, 0.25) is 0 Å². The lowest BCUT2D eigenvalue weighted by atomic mass is 9.78. The minimum atomic E-state index is 0.0000147. The Morgan fingerprint density at radius 1 is 1.16 bits per heavy atom. The Hall–Kier alpha value is -2.29. The van der Waals surface area contributed by atoms with Crippen LogP contribution >= 0.6 is 0 Å². The molecule has 0 bridgehead atoms. The zero-order valence-corrected chi connectivity index (χ0v) is 14.8. The van der Waals surface area contributed by atoms with Gasteiger partial charge in [0, 0.05) is 47.0 Å². The van der Waals surface area contributed by atoms with Crippen molar-refractivity contribution in [3.05, 3.63) is 70.3 Å². The van der Waals surface area contributed by atoms with Gasteiger partial charge in [-0.15, -0.1) is 0 Å². The zero-order chi connectivity index (χ0) is 17.2. The molecule has 25 heavy (non-hydrogen) atoms. The van der Waals surface area contributed by atoms with Gasteiger partial charge in [0.05, 0.1) is 0 Å². The van der Waals surface area contributed by atoms with E-state index in [9.17, 15) is 4.79 Å². The summed E-state index contributed by atoms with van der Waals surface area (Å²) in [5.41, 5.74) is 6.59. The Kier molecular flexibility index (Phi) is 3.06. The van der Waals surface area contributed by atoms with Gasteiger partial charge >= 0.3 is 0 Å². The maximum atomic E-state index is 11.7. The Bertz CT molecular complexity index is 860. The molecule has 0 saturated carbocycles. The summed E-state index contributed by atoms with van der Waals surface area (Å²) in [6.45, 7) is 5.66. The maximum Gasteiger partial charge on any atom is 0.182 e. The van der Waals surface area contributed by atoms with E-state index in [1.807, 2.05) is 6.08 Å². The van der Waals surface area contributed by atoms with Crippen LogP contribution in [0.4, 0.5) is 0 Å². The quantitative estimate of drug-likeness (QED) is 0.661. The molecule has 0 aromatic carbocycles. The van der Waals surface area contributed by atoms with Crippen LogP contribution in [0.15, 0.2) is 70.3 Å². The number of nitrogens with zero attached hydrogens (tertiary/aromatic N) is 1. The molecule has 0 aromatic rings. The van der Waals surface area contributed by atoms with Gasteiger partial charge in [-0.25, -0.2) is 0 Å². The largest absolute Gasteiger partial charge is 0.485 e. The zero-order valence-electron chi connectivity index (χ0n) is 14.8. The first-order chi connectivity index (χ1) is 12.1. The van der Waals surface area contributed by atoms with Crippen LogP contribution in [-0.4, -0.2) is 23.3 Å². The van der Waals surface area contributed by atoms with E-state index in [-0.39, 0.29) is 17.3 Å². The summed E-state index contributed by atoms with van der Waals surface area (Å²) in [4.78, 5) is 14.2. The van der Waals surface area contributed by atoms with Crippen molar-refractivity contribution in [3.63, 3.8) is 0 Å². The normalized spacial score (nSPS) is 29.3. The van der Waals surface area contributed by atoms with Gasteiger partial charge in [0.2, 0.25) is 0 Å². The van der Waals surface area contributed by atoms with Crippen molar-refractivity contribution in [1.29, 1.82) is 0 Å². The summed E-state index contributed by atoms with van der Waals surface area (Å²) in [7, 11) is 0. The molecule has 1 unspecified atom stereocenters. The molecule has 5 aliphatic rings. The summed E-state index contributed by atoms with van der Waals surface area (Å²) in [6, 6.07) is 0. The topological polar surface area (TPSA) is 29.5 Å². The van der Waals surface area contributed by atoms with Gasteiger partial charge in [-0.05, 0) is 43.1 Å². The van der Waals surface area contributed by atoms with Crippen molar-refractivity contribution < 1.29 is 9.53 Å². The Morgan fingerprint density at radius 2 is 2.00 bits per heavy atom. The number of ketones is 1. The van der Waals surface area contributed by atoms with Crippen LogP contribution in [0.1, 0.15) is 39.5 Å². The number of carbonyl (C=O) groups excluding carboxylic acids is 1. The van der Waals surface area contributed by atoms with Crippen molar-refractivity contribution in [1.82, 2.24) is 4.90 Å². The molecule has 2 aliphatic carbocycles. The molecule has 128 valence electrons. The predicted octanol–water partition coefficient (Wildman–Crippen LogP) is 4.33. The van der Waals surface area contributed by atoms with Crippen molar-refractivity contribution >= 4 is 5.78 Å². The summed E-state index contributed by atoms with van der Waals surface area (Å²) < 4.78 is 6.24. The Morgan fingerprint density at radius 3 is 2.88 bits per heavy atom. The molecule has 0 spiro atoms. The molecule has 5 rings (SSSR count). The fraction of sp³-hybridized carbons (Fsp3) is 0.409. The summed E-state index contributed by atoms with van der Waals surface area (Å²) in [5, 5.41) is 0. The van der Waals surface area contributed by atoms with Crippen LogP contribution in [0.5, 0.6) is 0 Å². The first-order valence-electron chi connectivity index (χ1n) is 9.31. The number of carbonyl (C=O) groups is 1. The summed E-state index contributed by atoms with van der Waals surface area (Å²) in [5.74, 6) is 0.748. The van der Waals surface area contributed by atoms with Gasteiger partial charge in [0.1, 0.15) is 11.9 Å². The average molecular weight is 333 g/mol. The van der Waals surface area contributed by atoms with Gasteiger partial charge in [0.25, 0.3) is 0 Å². The van der Waals surface area contributed by atoms with Crippen LogP contribution in [0.3, 0.4) is 0 Å². The number of rotatable bonds is 0. The highest BCUT2D eigenvalue weighted by molar-refractivity contribution is 6.02. The third kappa shape index (κ3) is 2.08. The van der Waals surface area contributed by atoms with E-state index >= 15 is 0 Å². The molecule has 0 N–H and O–H groups in total. The first kappa shape index (κ1) is 15.0. The number of hydrogen-bond acceptors (Lipinski definition) is 3. The minimum Gasteiger partial charge on any atom is -0.485 e. The molecule has 3 nitrogen and oxygen atoms in total. The molecule has 1 saturated heterocycles. The van der Waals surface area contributed by atoms with Crippen LogP contribution in [0.25, 0.3) is 0 Å². The molecule has 0 radical (unpaired) electrons. The highest BCUT2D eigenvalue weighted by atomic mass is 16.5. The molecule has 3 heteroatoms.